The molecule has 1 rings (SSSR count). The third-order valence-corrected chi connectivity index (χ3v) is 1.82. The topological polar surface area (TPSA) is 62.2 Å². The van der Waals surface area contributed by atoms with Gasteiger partial charge < -0.3 is 10.4 Å². The molecule has 0 saturated carbocycles. The Morgan fingerprint density at radius 2 is 2.43 bits per heavy atom. The van der Waals surface area contributed by atoms with Crippen LogP contribution in [0.3, 0.4) is 0 Å². The lowest BCUT2D eigenvalue weighted by molar-refractivity contribution is 0.0951. The molecule has 1 heterocycles. The number of aliphatic hydroxyl groups excluding tert-OH is 1. The second-order valence-corrected chi connectivity index (χ2v) is 3.09. The maximum absolute atomic E-state index is 11.4. The summed E-state index contributed by atoms with van der Waals surface area (Å²) in [5.41, 5.74) is 0.475. The molecule has 0 unspecified atom stereocenters. The molecule has 0 fully saturated rings. The quantitative estimate of drug-likeness (QED) is 0.577. The van der Waals surface area contributed by atoms with Crippen molar-refractivity contribution in [3.8, 4) is 0 Å². The minimum Gasteiger partial charge on any atom is -0.396 e. The summed E-state index contributed by atoms with van der Waals surface area (Å²) >= 11 is 5.62. The number of aliphatic hydroxyl groups is 1. The number of pyridine rings is 1. The summed E-state index contributed by atoms with van der Waals surface area (Å²) in [5.74, 6) is -0.206. The van der Waals surface area contributed by atoms with Crippen LogP contribution in [-0.2, 0) is 0 Å². The van der Waals surface area contributed by atoms with E-state index in [1.54, 1.807) is 6.07 Å². The van der Waals surface area contributed by atoms with Gasteiger partial charge in [0.1, 0.15) is 5.15 Å². The van der Waals surface area contributed by atoms with E-state index in [4.69, 9.17) is 16.7 Å². The molecule has 5 heteroatoms. The van der Waals surface area contributed by atoms with E-state index in [1.165, 1.54) is 12.3 Å². The average molecular weight is 215 g/mol. The lowest BCUT2D eigenvalue weighted by atomic mass is 10.2. The second kappa shape index (κ2) is 5.57. The fraction of sp³-hybridized carbons (Fsp3) is 0.333. The Kier molecular flexibility index (Phi) is 4.35. The normalized spacial score (nSPS) is 9.86. The van der Waals surface area contributed by atoms with E-state index < -0.39 is 0 Å². The molecular formula is C9H11ClN2O2. The monoisotopic (exact) mass is 214 g/mol. The third kappa shape index (κ3) is 3.32. The predicted octanol–water partition coefficient (Wildman–Crippen LogP) is 0.847. The van der Waals surface area contributed by atoms with Gasteiger partial charge in [-0.3, -0.25) is 4.79 Å². The first-order valence-electron chi connectivity index (χ1n) is 4.24. The minimum atomic E-state index is -0.206. The van der Waals surface area contributed by atoms with Gasteiger partial charge in [-0.15, -0.1) is 0 Å². The first-order valence-corrected chi connectivity index (χ1v) is 4.62. The fourth-order valence-corrected chi connectivity index (χ4v) is 1.10. The van der Waals surface area contributed by atoms with Crippen molar-refractivity contribution < 1.29 is 9.90 Å². The van der Waals surface area contributed by atoms with E-state index in [0.29, 0.717) is 23.7 Å². The molecule has 76 valence electrons. The van der Waals surface area contributed by atoms with Gasteiger partial charge in [0.25, 0.3) is 5.91 Å². The van der Waals surface area contributed by atoms with Crippen molar-refractivity contribution in [3.63, 3.8) is 0 Å². The Hall–Kier alpha value is -1.13. The van der Waals surface area contributed by atoms with Gasteiger partial charge in [-0.1, -0.05) is 11.6 Å². The molecule has 0 bridgehead atoms. The predicted molar refractivity (Wildman–Crippen MR) is 53.3 cm³/mol. The van der Waals surface area contributed by atoms with Crippen molar-refractivity contribution >= 4 is 17.5 Å². The largest absolute Gasteiger partial charge is 0.396 e. The number of rotatable bonds is 4. The molecule has 0 saturated heterocycles. The number of hydrogen-bond donors (Lipinski definition) is 2. The molecule has 1 amide bonds. The molecule has 0 aliphatic carbocycles. The summed E-state index contributed by atoms with van der Waals surface area (Å²) in [6.07, 6.45) is 2.02. The zero-order valence-corrected chi connectivity index (χ0v) is 8.29. The Labute approximate surface area is 86.9 Å². The van der Waals surface area contributed by atoms with Gasteiger partial charge in [0.2, 0.25) is 0 Å². The van der Waals surface area contributed by atoms with E-state index >= 15 is 0 Å². The summed E-state index contributed by atoms with van der Waals surface area (Å²) in [4.78, 5) is 15.2. The molecule has 0 aromatic carbocycles. The zero-order chi connectivity index (χ0) is 10.4. The molecule has 4 nitrogen and oxygen atoms in total. The average Bonchev–Trinajstić information content (AvgIpc) is 2.18. The van der Waals surface area contributed by atoms with E-state index in [2.05, 4.69) is 10.3 Å². The number of hydrogen-bond acceptors (Lipinski definition) is 3. The van der Waals surface area contributed by atoms with Crippen molar-refractivity contribution in [2.75, 3.05) is 13.2 Å². The molecule has 0 spiro atoms. The third-order valence-electron chi connectivity index (χ3n) is 1.61. The standard InChI is InChI=1S/C9H11ClN2O2/c10-8-6-7(2-4-11-8)9(14)12-3-1-5-13/h2,4,6,13H,1,3,5H2,(H,12,14). The number of aromatic nitrogens is 1. The van der Waals surface area contributed by atoms with Crippen molar-refractivity contribution in [2.24, 2.45) is 0 Å². The van der Waals surface area contributed by atoms with Crippen LogP contribution in [0.4, 0.5) is 0 Å². The van der Waals surface area contributed by atoms with Crippen LogP contribution in [0.5, 0.6) is 0 Å². The van der Waals surface area contributed by atoms with Crippen LogP contribution in [0, 0.1) is 0 Å². The molecule has 0 aliphatic rings. The van der Waals surface area contributed by atoms with Crippen LogP contribution in [-0.4, -0.2) is 29.1 Å². The van der Waals surface area contributed by atoms with E-state index in [9.17, 15) is 4.79 Å². The van der Waals surface area contributed by atoms with Gasteiger partial charge in [-0.05, 0) is 18.6 Å². The smallest absolute Gasteiger partial charge is 0.251 e. The van der Waals surface area contributed by atoms with Crippen LogP contribution in [0.25, 0.3) is 0 Å². The van der Waals surface area contributed by atoms with Gasteiger partial charge in [-0.25, -0.2) is 4.98 Å². The highest BCUT2D eigenvalue weighted by Gasteiger charge is 2.04. The van der Waals surface area contributed by atoms with Gasteiger partial charge >= 0.3 is 0 Å². The van der Waals surface area contributed by atoms with Gasteiger partial charge in [-0.2, -0.15) is 0 Å². The van der Waals surface area contributed by atoms with Crippen molar-refractivity contribution in [1.29, 1.82) is 0 Å². The van der Waals surface area contributed by atoms with E-state index in [-0.39, 0.29) is 12.5 Å². The second-order valence-electron chi connectivity index (χ2n) is 2.70. The van der Waals surface area contributed by atoms with Crippen LogP contribution in [0.1, 0.15) is 16.8 Å². The van der Waals surface area contributed by atoms with Crippen LogP contribution in [0.15, 0.2) is 18.3 Å². The number of nitrogens with zero attached hydrogens (tertiary/aromatic N) is 1. The fourth-order valence-electron chi connectivity index (χ4n) is 0.927. The molecule has 14 heavy (non-hydrogen) atoms. The zero-order valence-electron chi connectivity index (χ0n) is 7.53. The lowest BCUT2D eigenvalue weighted by Gasteiger charge is -2.03. The Balaban J connectivity index is 2.52. The summed E-state index contributed by atoms with van der Waals surface area (Å²) in [5, 5.41) is 11.4. The summed E-state index contributed by atoms with van der Waals surface area (Å²) in [6.45, 7) is 0.520. The number of carbonyl (C=O) groups excluding carboxylic acids is 1. The Morgan fingerprint density at radius 1 is 1.64 bits per heavy atom. The molecule has 0 atom stereocenters. The highest BCUT2D eigenvalue weighted by atomic mass is 35.5. The number of carbonyl (C=O) groups is 1. The molecule has 2 N–H and O–H groups in total. The van der Waals surface area contributed by atoms with Crippen LogP contribution >= 0.6 is 11.6 Å². The summed E-state index contributed by atoms with van der Waals surface area (Å²) in [6, 6.07) is 3.08. The maximum atomic E-state index is 11.4. The van der Waals surface area contributed by atoms with Gasteiger partial charge in [0, 0.05) is 24.9 Å². The molecular weight excluding hydrogens is 204 g/mol. The summed E-state index contributed by atoms with van der Waals surface area (Å²) < 4.78 is 0. The Morgan fingerprint density at radius 3 is 3.07 bits per heavy atom. The van der Waals surface area contributed by atoms with Gasteiger partial charge in [0.05, 0.1) is 0 Å². The number of halogens is 1. The van der Waals surface area contributed by atoms with Crippen molar-refractivity contribution in [3.05, 3.63) is 29.0 Å². The molecule has 1 aromatic heterocycles. The highest BCUT2D eigenvalue weighted by Crippen LogP contribution is 2.06. The van der Waals surface area contributed by atoms with E-state index in [0.717, 1.165) is 0 Å². The number of amides is 1. The highest BCUT2D eigenvalue weighted by molar-refractivity contribution is 6.29. The van der Waals surface area contributed by atoms with Crippen molar-refractivity contribution in [2.45, 2.75) is 6.42 Å². The minimum absolute atomic E-state index is 0.0668. The molecule has 0 radical (unpaired) electrons. The maximum Gasteiger partial charge on any atom is 0.251 e. The van der Waals surface area contributed by atoms with Crippen LogP contribution in [0.2, 0.25) is 5.15 Å². The first-order chi connectivity index (χ1) is 6.74. The first kappa shape index (κ1) is 10.9. The SMILES string of the molecule is O=C(NCCCO)c1ccnc(Cl)c1. The van der Waals surface area contributed by atoms with Gasteiger partial charge in [0.15, 0.2) is 0 Å². The molecule has 0 aliphatic heterocycles. The van der Waals surface area contributed by atoms with Crippen molar-refractivity contribution in [1.82, 2.24) is 10.3 Å². The number of nitrogens with one attached hydrogen (secondary N) is 1. The van der Waals surface area contributed by atoms with Crippen LogP contribution < -0.4 is 5.32 Å². The van der Waals surface area contributed by atoms with E-state index in [1.807, 2.05) is 0 Å². The molecule has 1 aromatic rings. The lowest BCUT2D eigenvalue weighted by Crippen LogP contribution is -2.24. The Bertz CT molecular complexity index is 317. The summed E-state index contributed by atoms with van der Waals surface area (Å²) in [7, 11) is 0.